The fraction of sp³-hybridized carbons (Fsp3) is 0.455. The summed E-state index contributed by atoms with van der Waals surface area (Å²) in [6.45, 7) is 6.30. The summed E-state index contributed by atoms with van der Waals surface area (Å²) in [6, 6.07) is 7.34. The Morgan fingerprint density at radius 2 is 1.89 bits per heavy atom. The van der Waals surface area contributed by atoms with Crippen molar-refractivity contribution < 1.29 is 14.3 Å². The molecular formula is C22H29ClN2O3. The van der Waals surface area contributed by atoms with Crippen LogP contribution in [0.3, 0.4) is 0 Å². The highest BCUT2D eigenvalue weighted by Crippen LogP contribution is 2.42. The van der Waals surface area contributed by atoms with Gasteiger partial charge in [0.15, 0.2) is 5.78 Å². The monoisotopic (exact) mass is 404 g/mol. The Balaban J connectivity index is 2.67. The molecule has 1 aromatic carbocycles. The molecule has 0 aliphatic carbocycles. The number of carbonyl (C=O) groups is 2. The van der Waals surface area contributed by atoms with Crippen LogP contribution in [0, 0.1) is 0 Å². The van der Waals surface area contributed by atoms with Crippen molar-refractivity contribution >= 4 is 23.4 Å². The van der Waals surface area contributed by atoms with Crippen molar-refractivity contribution in [3.8, 4) is 0 Å². The molecule has 3 N–H and O–H groups in total. The molecule has 0 saturated heterocycles. The Morgan fingerprint density at radius 1 is 1.18 bits per heavy atom. The van der Waals surface area contributed by atoms with Crippen molar-refractivity contribution in [3.63, 3.8) is 0 Å². The number of dihydropyridines is 1. The van der Waals surface area contributed by atoms with Gasteiger partial charge in [-0.15, -0.1) is 0 Å². The molecule has 0 bridgehead atoms. The minimum absolute atomic E-state index is 0.0160. The van der Waals surface area contributed by atoms with Gasteiger partial charge in [-0.2, -0.15) is 0 Å². The average molecular weight is 405 g/mol. The SMILES string of the molecule is CCOC(=O)C1=C(CCCCN)NC(C)=C(C(=O)CC)C1c1ccccc1Cl. The first-order valence-corrected chi connectivity index (χ1v) is 10.2. The molecule has 1 aliphatic rings. The Morgan fingerprint density at radius 3 is 2.50 bits per heavy atom. The maximum absolute atomic E-state index is 13.0. The van der Waals surface area contributed by atoms with Gasteiger partial charge in [-0.3, -0.25) is 4.79 Å². The van der Waals surface area contributed by atoms with E-state index in [2.05, 4.69) is 5.32 Å². The molecule has 0 amide bonds. The summed E-state index contributed by atoms with van der Waals surface area (Å²) in [4.78, 5) is 25.8. The van der Waals surface area contributed by atoms with Crippen LogP contribution in [-0.2, 0) is 14.3 Å². The van der Waals surface area contributed by atoms with Crippen LogP contribution in [-0.4, -0.2) is 24.9 Å². The minimum atomic E-state index is -0.547. The van der Waals surface area contributed by atoms with Crippen molar-refractivity contribution in [3.05, 3.63) is 57.4 Å². The number of unbranched alkanes of at least 4 members (excludes halogenated alkanes) is 1. The van der Waals surface area contributed by atoms with Crippen molar-refractivity contribution in [2.75, 3.05) is 13.2 Å². The Hall–Kier alpha value is -2.11. The first kappa shape index (κ1) is 22.2. The van der Waals surface area contributed by atoms with Crippen LogP contribution in [0.5, 0.6) is 0 Å². The van der Waals surface area contributed by atoms with Crippen LogP contribution in [0.1, 0.15) is 57.9 Å². The standard InChI is InChI=1S/C22H29ClN2O3/c1-4-18(26)19-14(3)25-17(12-8-9-13-24)21(22(27)28-5-2)20(19)15-10-6-7-11-16(15)23/h6-7,10-11,20,25H,4-5,8-9,12-13,24H2,1-3H3. The van der Waals surface area contributed by atoms with E-state index in [1.165, 1.54) is 0 Å². The van der Waals surface area contributed by atoms with Crippen molar-refractivity contribution in [1.29, 1.82) is 0 Å². The average Bonchev–Trinajstić information content (AvgIpc) is 2.67. The summed E-state index contributed by atoms with van der Waals surface area (Å²) in [7, 11) is 0. The maximum atomic E-state index is 13.0. The number of allylic oxidation sites excluding steroid dienone is 3. The minimum Gasteiger partial charge on any atom is -0.463 e. The molecule has 0 saturated carbocycles. The Bertz CT molecular complexity index is 799. The second-order valence-corrected chi connectivity index (χ2v) is 7.16. The first-order valence-electron chi connectivity index (χ1n) is 9.81. The zero-order chi connectivity index (χ0) is 20.7. The van der Waals surface area contributed by atoms with Crippen molar-refractivity contribution in [2.45, 2.75) is 52.4 Å². The highest BCUT2D eigenvalue weighted by atomic mass is 35.5. The predicted octanol–water partition coefficient (Wildman–Crippen LogP) is 4.23. The molecule has 2 rings (SSSR count). The van der Waals surface area contributed by atoms with Gasteiger partial charge in [0.2, 0.25) is 0 Å². The molecule has 6 heteroatoms. The molecule has 0 fully saturated rings. The number of hydrogen-bond acceptors (Lipinski definition) is 5. The third-order valence-corrected chi connectivity index (χ3v) is 5.20. The summed E-state index contributed by atoms with van der Waals surface area (Å²) in [5, 5.41) is 3.82. The van der Waals surface area contributed by atoms with Crippen molar-refractivity contribution in [2.24, 2.45) is 5.73 Å². The van der Waals surface area contributed by atoms with Gasteiger partial charge in [0.25, 0.3) is 0 Å². The zero-order valence-corrected chi connectivity index (χ0v) is 17.6. The van der Waals surface area contributed by atoms with Gasteiger partial charge in [-0.1, -0.05) is 36.7 Å². The van der Waals surface area contributed by atoms with Gasteiger partial charge in [0, 0.05) is 34.3 Å². The van der Waals surface area contributed by atoms with E-state index in [1.54, 1.807) is 13.0 Å². The fourth-order valence-corrected chi connectivity index (χ4v) is 3.81. The van der Waals surface area contributed by atoms with Gasteiger partial charge in [0.1, 0.15) is 0 Å². The van der Waals surface area contributed by atoms with E-state index < -0.39 is 11.9 Å². The molecule has 0 spiro atoms. The normalized spacial score (nSPS) is 16.8. The number of esters is 1. The quantitative estimate of drug-likeness (QED) is 0.475. The molecule has 0 aromatic heterocycles. The molecule has 1 aromatic rings. The number of ketones is 1. The predicted molar refractivity (Wildman–Crippen MR) is 112 cm³/mol. The first-order chi connectivity index (χ1) is 13.5. The number of carbonyl (C=O) groups excluding carboxylic acids is 2. The van der Waals surface area contributed by atoms with E-state index in [0.29, 0.717) is 35.6 Å². The van der Waals surface area contributed by atoms with Crippen LogP contribution in [0.4, 0.5) is 0 Å². The Kier molecular flexibility index (Phi) is 8.27. The van der Waals surface area contributed by atoms with E-state index >= 15 is 0 Å². The number of benzene rings is 1. The summed E-state index contributed by atoms with van der Waals surface area (Å²) >= 11 is 6.49. The lowest BCUT2D eigenvalue weighted by atomic mass is 9.77. The van der Waals surface area contributed by atoms with E-state index in [4.69, 9.17) is 22.1 Å². The zero-order valence-electron chi connectivity index (χ0n) is 16.8. The molecular weight excluding hydrogens is 376 g/mol. The molecule has 0 radical (unpaired) electrons. The number of rotatable bonds is 9. The van der Waals surface area contributed by atoms with Crippen LogP contribution >= 0.6 is 11.6 Å². The third kappa shape index (κ3) is 4.83. The van der Waals surface area contributed by atoms with Gasteiger partial charge < -0.3 is 15.8 Å². The second kappa shape index (κ2) is 10.4. The van der Waals surface area contributed by atoms with Crippen LogP contribution in [0.25, 0.3) is 0 Å². The van der Waals surface area contributed by atoms with E-state index in [1.807, 2.05) is 32.0 Å². The lowest BCUT2D eigenvalue weighted by Gasteiger charge is -2.32. The highest BCUT2D eigenvalue weighted by molar-refractivity contribution is 6.31. The van der Waals surface area contributed by atoms with Gasteiger partial charge >= 0.3 is 5.97 Å². The molecule has 152 valence electrons. The summed E-state index contributed by atoms with van der Waals surface area (Å²) in [5.74, 6) is -0.983. The van der Waals surface area contributed by atoms with Crippen molar-refractivity contribution in [1.82, 2.24) is 5.32 Å². The molecule has 1 heterocycles. The lowest BCUT2D eigenvalue weighted by molar-refractivity contribution is -0.138. The number of ether oxygens (including phenoxy) is 1. The second-order valence-electron chi connectivity index (χ2n) is 6.75. The number of Topliss-reactive ketones (excluding diaryl/α,β-unsaturated/α-hetero) is 1. The number of nitrogens with two attached hydrogens (primary N) is 1. The van der Waals surface area contributed by atoms with E-state index in [0.717, 1.165) is 29.8 Å². The number of hydrogen-bond donors (Lipinski definition) is 2. The van der Waals surface area contributed by atoms with Crippen LogP contribution < -0.4 is 11.1 Å². The summed E-state index contributed by atoms with van der Waals surface area (Å²) < 4.78 is 5.37. The molecule has 28 heavy (non-hydrogen) atoms. The highest BCUT2D eigenvalue weighted by Gasteiger charge is 2.38. The topological polar surface area (TPSA) is 81.4 Å². The third-order valence-electron chi connectivity index (χ3n) is 4.86. The van der Waals surface area contributed by atoms with Crippen LogP contribution in [0.15, 0.2) is 46.8 Å². The summed E-state index contributed by atoms with van der Waals surface area (Å²) in [5.41, 5.74) is 8.94. The van der Waals surface area contributed by atoms with E-state index in [-0.39, 0.29) is 12.4 Å². The van der Waals surface area contributed by atoms with Crippen LogP contribution in [0.2, 0.25) is 5.02 Å². The molecule has 1 atom stereocenters. The van der Waals surface area contributed by atoms with E-state index in [9.17, 15) is 9.59 Å². The molecule has 5 nitrogen and oxygen atoms in total. The smallest absolute Gasteiger partial charge is 0.336 e. The van der Waals surface area contributed by atoms with Gasteiger partial charge in [-0.25, -0.2) is 4.79 Å². The number of nitrogens with one attached hydrogen (secondary N) is 1. The molecule has 1 aliphatic heterocycles. The largest absolute Gasteiger partial charge is 0.463 e. The summed E-state index contributed by atoms with van der Waals surface area (Å²) in [6.07, 6.45) is 2.67. The number of halogens is 1. The van der Waals surface area contributed by atoms with Gasteiger partial charge in [0.05, 0.1) is 12.2 Å². The molecule has 1 unspecified atom stereocenters. The maximum Gasteiger partial charge on any atom is 0.336 e. The fourth-order valence-electron chi connectivity index (χ4n) is 3.57. The Labute approximate surface area is 172 Å². The van der Waals surface area contributed by atoms with Gasteiger partial charge in [-0.05, 0) is 51.3 Å². The lowest BCUT2D eigenvalue weighted by Crippen LogP contribution is -2.33.